The number of anilines is 2. The second kappa shape index (κ2) is 8.49. The molecule has 3 aromatic rings. The molecule has 0 radical (unpaired) electrons. The highest BCUT2D eigenvalue weighted by atomic mass is 35.5. The summed E-state index contributed by atoms with van der Waals surface area (Å²) in [7, 11) is 0. The minimum Gasteiger partial charge on any atom is -0.370 e. The number of rotatable bonds is 7. The lowest BCUT2D eigenvalue weighted by molar-refractivity contribution is 0.990. The van der Waals surface area contributed by atoms with Gasteiger partial charge in [0, 0.05) is 24.3 Å². The van der Waals surface area contributed by atoms with E-state index in [1.54, 1.807) is 6.20 Å². The molecule has 128 valence electrons. The summed E-state index contributed by atoms with van der Waals surface area (Å²) >= 11 is 6.01. The van der Waals surface area contributed by atoms with Gasteiger partial charge in [-0.15, -0.1) is 0 Å². The van der Waals surface area contributed by atoms with Crippen LogP contribution in [0.3, 0.4) is 0 Å². The van der Waals surface area contributed by atoms with Crippen molar-refractivity contribution < 1.29 is 0 Å². The molecule has 0 saturated carbocycles. The SMILES string of the molecule is Cc1ccccc1CNc1nccc(NCCc2cccc(Cl)c2)n1. The van der Waals surface area contributed by atoms with Gasteiger partial charge in [-0.25, -0.2) is 4.98 Å². The molecule has 0 unspecified atom stereocenters. The van der Waals surface area contributed by atoms with E-state index in [9.17, 15) is 0 Å². The Morgan fingerprint density at radius 1 is 1.00 bits per heavy atom. The van der Waals surface area contributed by atoms with Gasteiger partial charge in [-0.1, -0.05) is 48.0 Å². The maximum atomic E-state index is 6.01. The summed E-state index contributed by atoms with van der Waals surface area (Å²) in [4.78, 5) is 8.79. The number of halogens is 1. The van der Waals surface area contributed by atoms with Crippen LogP contribution in [0, 0.1) is 6.92 Å². The molecule has 0 saturated heterocycles. The van der Waals surface area contributed by atoms with Crippen LogP contribution in [0.25, 0.3) is 0 Å². The summed E-state index contributed by atoms with van der Waals surface area (Å²) in [6.07, 6.45) is 2.64. The van der Waals surface area contributed by atoms with Gasteiger partial charge in [0.05, 0.1) is 0 Å². The van der Waals surface area contributed by atoms with Crippen LogP contribution in [-0.2, 0) is 13.0 Å². The first-order valence-electron chi connectivity index (χ1n) is 8.30. The fourth-order valence-corrected chi connectivity index (χ4v) is 2.77. The second-order valence-corrected chi connectivity index (χ2v) is 6.29. The zero-order valence-corrected chi connectivity index (χ0v) is 14.9. The topological polar surface area (TPSA) is 49.8 Å². The van der Waals surface area contributed by atoms with E-state index in [0.717, 1.165) is 23.8 Å². The number of nitrogens with zero attached hydrogens (tertiary/aromatic N) is 2. The molecule has 1 aromatic heterocycles. The number of hydrogen-bond acceptors (Lipinski definition) is 4. The third-order valence-electron chi connectivity index (χ3n) is 3.96. The van der Waals surface area contributed by atoms with Gasteiger partial charge in [-0.3, -0.25) is 0 Å². The molecule has 0 aliphatic heterocycles. The highest BCUT2D eigenvalue weighted by Gasteiger charge is 2.01. The normalized spacial score (nSPS) is 10.5. The zero-order valence-electron chi connectivity index (χ0n) is 14.2. The van der Waals surface area contributed by atoms with Gasteiger partial charge < -0.3 is 10.6 Å². The van der Waals surface area contributed by atoms with Crippen molar-refractivity contribution in [3.05, 3.63) is 82.5 Å². The van der Waals surface area contributed by atoms with Crippen LogP contribution < -0.4 is 10.6 Å². The first-order valence-corrected chi connectivity index (χ1v) is 8.68. The maximum absolute atomic E-state index is 6.01. The average molecular weight is 353 g/mol. The van der Waals surface area contributed by atoms with E-state index >= 15 is 0 Å². The van der Waals surface area contributed by atoms with Crippen molar-refractivity contribution in [2.75, 3.05) is 17.2 Å². The second-order valence-electron chi connectivity index (χ2n) is 5.85. The lowest BCUT2D eigenvalue weighted by Crippen LogP contribution is -2.09. The molecule has 4 nitrogen and oxygen atoms in total. The third kappa shape index (κ3) is 5.19. The van der Waals surface area contributed by atoms with Crippen molar-refractivity contribution in [3.8, 4) is 0 Å². The molecule has 0 aliphatic carbocycles. The van der Waals surface area contributed by atoms with Crippen molar-refractivity contribution in [1.82, 2.24) is 9.97 Å². The summed E-state index contributed by atoms with van der Waals surface area (Å²) in [6.45, 7) is 3.60. The van der Waals surface area contributed by atoms with Crippen LogP contribution in [-0.4, -0.2) is 16.5 Å². The van der Waals surface area contributed by atoms with Crippen LogP contribution in [0.2, 0.25) is 5.02 Å². The number of benzene rings is 2. The van der Waals surface area contributed by atoms with Gasteiger partial charge >= 0.3 is 0 Å². The van der Waals surface area contributed by atoms with E-state index in [0.29, 0.717) is 12.5 Å². The van der Waals surface area contributed by atoms with Gasteiger partial charge in [0.1, 0.15) is 5.82 Å². The van der Waals surface area contributed by atoms with Gasteiger partial charge in [0.15, 0.2) is 0 Å². The molecule has 3 rings (SSSR count). The Morgan fingerprint density at radius 3 is 2.72 bits per heavy atom. The molecule has 0 spiro atoms. The molecule has 0 bridgehead atoms. The van der Waals surface area contributed by atoms with Crippen LogP contribution in [0.5, 0.6) is 0 Å². The molecule has 1 heterocycles. The minimum absolute atomic E-state index is 0.621. The fourth-order valence-electron chi connectivity index (χ4n) is 2.55. The maximum Gasteiger partial charge on any atom is 0.224 e. The molecule has 0 fully saturated rings. The van der Waals surface area contributed by atoms with Crippen molar-refractivity contribution in [2.45, 2.75) is 19.9 Å². The van der Waals surface area contributed by atoms with Crippen molar-refractivity contribution in [2.24, 2.45) is 0 Å². The Labute approximate surface area is 153 Å². The number of nitrogens with one attached hydrogen (secondary N) is 2. The zero-order chi connectivity index (χ0) is 17.5. The summed E-state index contributed by atoms with van der Waals surface area (Å²) in [6, 6.07) is 18.1. The lowest BCUT2D eigenvalue weighted by Gasteiger charge is -2.10. The van der Waals surface area contributed by atoms with Gasteiger partial charge in [-0.05, 0) is 48.2 Å². The van der Waals surface area contributed by atoms with Crippen molar-refractivity contribution in [1.29, 1.82) is 0 Å². The van der Waals surface area contributed by atoms with Crippen molar-refractivity contribution >= 4 is 23.4 Å². The third-order valence-corrected chi connectivity index (χ3v) is 4.20. The van der Waals surface area contributed by atoms with Gasteiger partial charge in [0.2, 0.25) is 5.95 Å². The summed E-state index contributed by atoms with van der Waals surface area (Å²) < 4.78 is 0. The fraction of sp³-hybridized carbons (Fsp3) is 0.200. The van der Waals surface area contributed by atoms with E-state index < -0.39 is 0 Å². The summed E-state index contributed by atoms with van der Waals surface area (Å²) in [5, 5.41) is 7.37. The van der Waals surface area contributed by atoms with Gasteiger partial charge in [0.25, 0.3) is 0 Å². The Kier molecular flexibility index (Phi) is 5.86. The Balaban J connectivity index is 1.53. The molecular formula is C20H21ClN4. The number of aryl methyl sites for hydroxylation is 1. The summed E-state index contributed by atoms with van der Waals surface area (Å²) in [5.74, 6) is 1.43. The molecule has 0 amide bonds. The Morgan fingerprint density at radius 2 is 1.88 bits per heavy atom. The monoisotopic (exact) mass is 352 g/mol. The lowest BCUT2D eigenvalue weighted by atomic mass is 10.1. The molecule has 25 heavy (non-hydrogen) atoms. The minimum atomic E-state index is 0.621. The first-order chi connectivity index (χ1) is 12.2. The standard InChI is InChI=1S/C20H21ClN4/c1-15-5-2-3-7-17(15)14-24-20-23-12-10-19(25-20)22-11-9-16-6-4-8-18(21)13-16/h2-8,10,12-13H,9,11,14H2,1H3,(H2,22,23,24,25). The van der Waals surface area contributed by atoms with E-state index in [-0.39, 0.29) is 0 Å². The quantitative estimate of drug-likeness (QED) is 0.646. The average Bonchev–Trinajstić information content (AvgIpc) is 2.62. The molecule has 0 atom stereocenters. The van der Waals surface area contributed by atoms with E-state index in [1.165, 1.54) is 16.7 Å². The van der Waals surface area contributed by atoms with Crippen LogP contribution in [0.1, 0.15) is 16.7 Å². The smallest absolute Gasteiger partial charge is 0.224 e. The van der Waals surface area contributed by atoms with E-state index in [4.69, 9.17) is 11.6 Å². The van der Waals surface area contributed by atoms with Crippen LogP contribution in [0.4, 0.5) is 11.8 Å². The predicted molar refractivity (Wildman–Crippen MR) is 104 cm³/mol. The predicted octanol–water partition coefficient (Wildman–Crippen LogP) is 4.71. The van der Waals surface area contributed by atoms with Crippen LogP contribution in [0.15, 0.2) is 60.8 Å². The largest absolute Gasteiger partial charge is 0.370 e. The molecule has 2 N–H and O–H groups in total. The van der Waals surface area contributed by atoms with Gasteiger partial charge in [-0.2, -0.15) is 4.98 Å². The van der Waals surface area contributed by atoms with E-state index in [1.807, 2.05) is 36.4 Å². The molecule has 0 aliphatic rings. The van der Waals surface area contributed by atoms with Crippen molar-refractivity contribution in [3.63, 3.8) is 0 Å². The number of hydrogen-bond donors (Lipinski definition) is 2. The molecular weight excluding hydrogens is 332 g/mol. The number of aromatic nitrogens is 2. The van der Waals surface area contributed by atoms with Crippen LogP contribution >= 0.6 is 11.6 Å². The highest BCUT2D eigenvalue weighted by Crippen LogP contribution is 2.13. The first kappa shape index (κ1) is 17.2. The highest BCUT2D eigenvalue weighted by molar-refractivity contribution is 6.30. The molecule has 5 heteroatoms. The van der Waals surface area contributed by atoms with E-state index in [2.05, 4.69) is 45.7 Å². The molecule has 2 aromatic carbocycles. The Bertz CT molecular complexity index is 835. The summed E-state index contributed by atoms with van der Waals surface area (Å²) in [5.41, 5.74) is 3.70. The Hall–Kier alpha value is -2.59.